The minimum Gasteiger partial charge on any atom is -0.393 e. The van der Waals surface area contributed by atoms with Crippen LogP contribution in [0.5, 0.6) is 0 Å². The molecule has 1 unspecified atom stereocenters. The lowest BCUT2D eigenvalue weighted by molar-refractivity contribution is -0.310. The van der Waals surface area contributed by atoms with Gasteiger partial charge in [0.2, 0.25) is 0 Å². The number of aliphatic hydroxyl groups excluding tert-OH is 4. The number of aliphatic hydroxyl groups is 5. The van der Waals surface area contributed by atoms with Crippen LogP contribution in [0.15, 0.2) is 0 Å². The normalized spacial score (nSPS) is 53.8. The molecule has 0 amide bonds. The van der Waals surface area contributed by atoms with Gasteiger partial charge in [-0.1, -0.05) is 54.4 Å². The first-order valence-corrected chi connectivity index (χ1v) is 13.7. The molecule has 0 saturated heterocycles. The molecule has 4 aliphatic carbocycles. The van der Waals surface area contributed by atoms with Crippen LogP contribution in [0.2, 0.25) is 0 Å². The predicted molar refractivity (Wildman–Crippen MR) is 129 cm³/mol. The van der Waals surface area contributed by atoms with Crippen molar-refractivity contribution in [2.75, 3.05) is 0 Å². The van der Waals surface area contributed by atoms with E-state index in [4.69, 9.17) is 0 Å². The summed E-state index contributed by atoms with van der Waals surface area (Å²) in [6.07, 6.45) is 2.72. The Morgan fingerprint density at radius 3 is 2.15 bits per heavy atom. The van der Waals surface area contributed by atoms with Crippen molar-refractivity contribution in [3.8, 4) is 0 Å². The molecule has 0 radical (unpaired) electrons. The van der Waals surface area contributed by atoms with Crippen LogP contribution >= 0.6 is 0 Å². The fourth-order valence-electron chi connectivity index (χ4n) is 9.47. The second kappa shape index (κ2) is 8.73. The lowest BCUT2D eigenvalue weighted by Gasteiger charge is -2.67. The van der Waals surface area contributed by atoms with Gasteiger partial charge in [-0.15, -0.1) is 0 Å². The minimum atomic E-state index is -1.57. The standard InChI is InChI=1S/C28H50O5/c1-15(2)16(3)7-8-17(4)20-9-10-21-19-12-24(32)28(33)13-18(29)11-23(31)27(28,6)25(19)22(30)14-26(20,21)5/h15-25,29-33H,7-14H2,1-6H3/t16-,17?,18-,19-,20+,21-,22+,23-,24+,25+,26+,27+,28-/m0/s1. The van der Waals surface area contributed by atoms with Gasteiger partial charge in [0.15, 0.2) is 0 Å². The third-order valence-corrected chi connectivity index (χ3v) is 11.8. The van der Waals surface area contributed by atoms with Crippen LogP contribution in [-0.2, 0) is 0 Å². The van der Waals surface area contributed by atoms with Crippen molar-refractivity contribution in [3.05, 3.63) is 0 Å². The third-order valence-electron chi connectivity index (χ3n) is 11.8. The van der Waals surface area contributed by atoms with Crippen molar-refractivity contribution in [3.63, 3.8) is 0 Å². The summed E-state index contributed by atoms with van der Waals surface area (Å²) < 4.78 is 0. The van der Waals surface area contributed by atoms with Gasteiger partial charge in [0.25, 0.3) is 0 Å². The van der Waals surface area contributed by atoms with Gasteiger partial charge in [-0.3, -0.25) is 0 Å². The van der Waals surface area contributed by atoms with E-state index in [1.54, 1.807) is 0 Å². The zero-order valence-corrected chi connectivity index (χ0v) is 21.7. The lowest BCUT2D eigenvalue weighted by atomic mass is 9.41. The van der Waals surface area contributed by atoms with E-state index < -0.39 is 35.4 Å². The molecule has 0 spiro atoms. The topological polar surface area (TPSA) is 101 Å². The van der Waals surface area contributed by atoms with E-state index in [-0.39, 0.29) is 30.1 Å². The summed E-state index contributed by atoms with van der Waals surface area (Å²) in [7, 11) is 0. The molecule has 5 heteroatoms. The van der Waals surface area contributed by atoms with E-state index in [2.05, 4.69) is 34.6 Å². The minimum absolute atomic E-state index is 0.0196. The Bertz CT molecular complexity index is 712. The molecule has 13 atom stereocenters. The zero-order chi connectivity index (χ0) is 24.5. The number of rotatable bonds is 5. The maximum absolute atomic E-state index is 11.6. The van der Waals surface area contributed by atoms with Crippen LogP contribution in [0.1, 0.15) is 92.9 Å². The third kappa shape index (κ3) is 3.75. The molecular weight excluding hydrogens is 416 g/mol. The highest BCUT2D eigenvalue weighted by Gasteiger charge is 2.72. The molecule has 5 N–H and O–H groups in total. The molecule has 4 saturated carbocycles. The monoisotopic (exact) mass is 466 g/mol. The summed E-state index contributed by atoms with van der Waals surface area (Å²) in [5.74, 6) is 2.77. The lowest BCUT2D eigenvalue weighted by Crippen LogP contribution is -2.74. The Labute approximate surface area is 201 Å². The molecule has 192 valence electrons. The Morgan fingerprint density at radius 1 is 0.848 bits per heavy atom. The second-order valence-electron chi connectivity index (χ2n) is 13.6. The molecule has 0 aromatic carbocycles. The first-order valence-electron chi connectivity index (χ1n) is 13.7. The fourth-order valence-corrected chi connectivity index (χ4v) is 9.47. The fraction of sp³-hybridized carbons (Fsp3) is 1.00. The molecule has 0 heterocycles. The van der Waals surface area contributed by atoms with Gasteiger partial charge in [-0.05, 0) is 78.9 Å². The van der Waals surface area contributed by atoms with Crippen molar-refractivity contribution in [1.29, 1.82) is 0 Å². The van der Waals surface area contributed by atoms with Crippen LogP contribution in [0.25, 0.3) is 0 Å². The van der Waals surface area contributed by atoms with Crippen LogP contribution < -0.4 is 0 Å². The summed E-state index contributed by atoms with van der Waals surface area (Å²) in [5, 5.41) is 55.9. The van der Waals surface area contributed by atoms with E-state index in [0.29, 0.717) is 42.4 Å². The molecule has 0 aromatic rings. The van der Waals surface area contributed by atoms with Gasteiger partial charge in [0, 0.05) is 11.8 Å². The Hall–Kier alpha value is -0.200. The Morgan fingerprint density at radius 2 is 1.52 bits per heavy atom. The summed E-state index contributed by atoms with van der Waals surface area (Å²) in [6.45, 7) is 13.6. The molecule has 4 aliphatic rings. The predicted octanol–water partition coefficient (Wildman–Crippen LogP) is 3.74. The van der Waals surface area contributed by atoms with E-state index in [0.717, 1.165) is 12.8 Å². The van der Waals surface area contributed by atoms with Gasteiger partial charge in [-0.2, -0.15) is 0 Å². The number of hydrogen-bond donors (Lipinski definition) is 5. The van der Waals surface area contributed by atoms with Crippen molar-refractivity contribution in [2.24, 2.45) is 52.3 Å². The second-order valence-corrected chi connectivity index (χ2v) is 13.6. The maximum atomic E-state index is 11.6. The Balaban J connectivity index is 1.60. The largest absolute Gasteiger partial charge is 0.393 e. The zero-order valence-electron chi connectivity index (χ0n) is 21.7. The van der Waals surface area contributed by atoms with E-state index >= 15 is 0 Å². The molecule has 0 aliphatic heterocycles. The van der Waals surface area contributed by atoms with E-state index in [9.17, 15) is 25.5 Å². The van der Waals surface area contributed by atoms with Crippen molar-refractivity contribution < 1.29 is 25.5 Å². The van der Waals surface area contributed by atoms with Crippen LogP contribution in [0.4, 0.5) is 0 Å². The van der Waals surface area contributed by atoms with Gasteiger partial charge in [-0.25, -0.2) is 0 Å². The smallest absolute Gasteiger partial charge is 0.101 e. The van der Waals surface area contributed by atoms with Crippen molar-refractivity contribution >= 4 is 0 Å². The van der Waals surface area contributed by atoms with E-state index in [1.807, 2.05) is 6.92 Å². The molecule has 0 aromatic heterocycles. The summed E-state index contributed by atoms with van der Waals surface area (Å²) in [4.78, 5) is 0. The van der Waals surface area contributed by atoms with Gasteiger partial charge < -0.3 is 25.5 Å². The molecule has 4 fully saturated rings. The SMILES string of the molecule is CC(CC[C@H](C)C(C)C)[C@H]1CC[C@H]2[C@@H]3C[C@@H](O)[C@@]4(O)C[C@@H](O)C[C@H](O)[C@]4(C)[C@H]3[C@H](O)C[C@]12C. The maximum Gasteiger partial charge on any atom is 0.101 e. The molecule has 5 nitrogen and oxygen atoms in total. The number of hydrogen-bond acceptors (Lipinski definition) is 5. The highest BCUT2D eigenvalue weighted by molar-refractivity contribution is 5.21. The first-order chi connectivity index (χ1) is 15.3. The van der Waals surface area contributed by atoms with Crippen molar-refractivity contribution in [2.45, 2.75) is 123 Å². The Kier molecular flexibility index (Phi) is 6.84. The molecule has 4 rings (SSSR count). The highest BCUT2D eigenvalue weighted by Crippen LogP contribution is 2.69. The molecule has 33 heavy (non-hydrogen) atoms. The summed E-state index contributed by atoms with van der Waals surface area (Å²) in [6, 6.07) is 0. The van der Waals surface area contributed by atoms with Gasteiger partial charge in [0.05, 0.1) is 24.4 Å². The van der Waals surface area contributed by atoms with Crippen LogP contribution in [0.3, 0.4) is 0 Å². The van der Waals surface area contributed by atoms with Gasteiger partial charge in [0.1, 0.15) is 5.60 Å². The molecule has 0 bridgehead atoms. The van der Waals surface area contributed by atoms with E-state index in [1.165, 1.54) is 12.8 Å². The summed E-state index contributed by atoms with van der Waals surface area (Å²) in [5.41, 5.74) is -2.57. The van der Waals surface area contributed by atoms with Crippen LogP contribution in [-0.4, -0.2) is 55.5 Å². The van der Waals surface area contributed by atoms with Gasteiger partial charge >= 0.3 is 0 Å². The number of fused-ring (bicyclic) bond motifs is 5. The first kappa shape index (κ1) is 25.9. The highest BCUT2D eigenvalue weighted by atomic mass is 16.4. The summed E-state index contributed by atoms with van der Waals surface area (Å²) >= 11 is 0. The average molecular weight is 467 g/mol. The van der Waals surface area contributed by atoms with Crippen LogP contribution in [0, 0.1) is 52.3 Å². The quantitative estimate of drug-likeness (QED) is 0.425. The molecular formula is C28H50O5. The average Bonchev–Trinajstić information content (AvgIpc) is 3.05. The van der Waals surface area contributed by atoms with Crippen molar-refractivity contribution in [1.82, 2.24) is 0 Å².